The van der Waals surface area contributed by atoms with Gasteiger partial charge in [0.05, 0.1) is 18.6 Å². The second kappa shape index (κ2) is 9.05. The molecule has 0 bridgehead atoms. The van der Waals surface area contributed by atoms with E-state index in [4.69, 9.17) is 14.2 Å². The first kappa shape index (κ1) is 21.7. The van der Waals surface area contributed by atoms with Gasteiger partial charge < -0.3 is 19.1 Å². The standard InChI is InChI=1S/C18H23NO8S/c1-12(20)13-4-5-15(16(8-13)25-3)26-10-18(22)27-9-17(21)19(2)14-6-7-28(23,24)11-14/h4-5,8,14H,6-7,9-11H2,1-3H3/t14-/m1/s1. The molecule has 28 heavy (non-hydrogen) atoms. The minimum absolute atomic E-state index is 0.0488. The number of carbonyl (C=O) groups excluding carboxylic acids is 3. The van der Waals surface area contributed by atoms with Crippen LogP contribution in [0.3, 0.4) is 0 Å². The van der Waals surface area contributed by atoms with Crippen molar-refractivity contribution in [2.24, 2.45) is 0 Å². The molecule has 1 aromatic carbocycles. The maximum Gasteiger partial charge on any atom is 0.344 e. The fourth-order valence-electron chi connectivity index (χ4n) is 2.71. The molecule has 0 aliphatic carbocycles. The van der Waals surface area contributed by atoms with Crippen LogP contribution in [0.25, 0.3) is 0 Å². The van der Waals surface area contributed by atoms with Gasteiger partial charge in [0.1, 0.15) is 0 Å². The second-order valence-electron chi connectivity index (χ2n) is 6.43. The summed E-state index contributed by atoms with van der Waals surface area (Å²) in [7, 11) is -0.224. The number of benzene rings is 1. The second-order valence-corrected chi connectivity index (χ2v) is 8.66. The van der Waals surface area contributed by atoms with Gasteiger partial charge >= 0.3 is 5.97 Å². The molecule has 1 aromatic rings. The molecular formula is C18H23NO8S. The van der Waals surface area contributed by atoms with Gasteiger partial charge in [0.2, 0.25) is 0 Å². The van der Waals surface area contributed by atoms with Crippen LogP contribution >= 0.6 is 0 Å². The summed E-state index contributed by atoms with van der Waals surface area (Å²) in [6, 6.07) is 4.13. The third-order valence-corrected chi connectivity index (χ3v) is 6.17. The van der Waals surface area contributed by atoms with E-state index < -0.39 is 41.0 Å². The molecule has 9 nitrogen and oxygen atoms in total. The molecule has 0 saturated carbocycles. The number of sulfone groups is 1. The number of Topliss-reactive ketones (excluding diaryl/α,β-unsaturated/α-hetero) is 1. The number of ether oxygens (including phenoxy) is 3. The normalized spacial score (nSPS) is 17.6. The van der Waals surface area contributed by atoms with Crippen molar-refractivity contribution in [2.45, 2.75) is 19.4 Å². The van der Waals surface area contributed by atoms with Crippen molar-refractivity contribution in [3.63, 3.8) is 0 Å². The van der Waals surface area contributed by atoms with Crippen molar-refractivity contribution < 1.29 is 37.0 Å². The molecule has 0 unspecified atom stereocenters. The molecule has 1 atom stereocenters. The molecule has 1 saturated heterocycles. The van der Waals surface area contributed by atoms with Crippen LogP contribution in [0.15, 0.2) is 18.2 Å². The van der Waals surface area contributed by atoms with E-state index in [1.165, 1.54) is 38.1 Å². The molecule has 2 rings (SSSR count). The lowest BCUT2D eigenvalue weighted by Crippen LogP contribution is -2.40. The minimum atomic E-state index is -3.11. The Morgan fingerprint density at radius 3 is 2.46 bits per heavy atom. The summed E-state index contributed by atoms with van der Waals surface area (Å²) >= 11 is 0. The predicted molar refractivity (Wildman–Crippen MR) is 99.3 cm³/mol. The fourth-order valence-corrected chi connectivity index (χ4v) is 4.49. The predicted octanol–water partition coefficient (Wildman–Crippen LogP) is 0.465. The van der Waals surface area contributed by atoms with Crippen molar-refractivity contribution in [3.8, 4) is 11.5 Å². The van der Waals surface area contributed by atoms with E-state index in [-0.39, 0.29) is 23.0 Å². The summed E-state index contributed by atoms with van der Waals surface area (Å²) < 4.78 is 38.3. The number of esters is 1. The lowest BCUT2D eigenvalue weighted by atomic mass is 10.1. The van der Waals surface area contributed by atoms with Crippen LogP contribution in [0.5, 0.6) is 11.5 Å². The van der Waals surface area contributed by atoms with E-state index in [1.807, 2.05) is 0 Å². The highest BCUT2D eigenvalue weighted by Gasteiger charge is 2.32. The molecule has 1 amide bonds. The lowest BCUT2D eigenvalue weighted by Gasteiger charge is -2.23. The van der Waals surface area contributed by atoms with E-state index in [2.05, 4.69) is 0 Å². The van der Waals surface area contributed by atoms with Gasteiger partial charge in [0.25, 0.3) is 5.91 Å². The SMILES string of the molecule is COc1cc(C(C)=O)ccc1OCC(=O)OCC(=O)N(C)[C@@H]1CCS(=O)(=O)C1. The van der Waals surface area contributed by atoms with Crippen LogP contribution in [-0.2, 0) is 24.2 Å². The Morgan fingerprint density at radius 1 is 1.18 bits per heavy atom. The monoisotopic (exact) mass is 413 g/mol. The van der Waals surface area contributed by atoms with Crippen LogP contribution in [0, 0.1) is 0 Å². The molecule has 1 heterocycles. The number of amides is 1. The average Bonchev–Trinajstić information content (AvgIpc) is 3.03. The molecule has 0 radical (unpaired) electrons. The molecule has 1 aliphatic heterocycles. The van der Waals surface area contributed by atoms with Crippen LogP contribution in [0.1, 0.15) is 23.7 Å². The summed E-state index contributed by atoms with van der Waals surface area (Å²) in [4.78, 5) is 36.6. The van der Waals surface area contributed by atoms with Gasteiger partial charge in [-0.1, -0.05) is 0 Å². The summed E-state index contributed by atoms with van der Waals surface area (Å²) in [5.41, 5.74) is 0.439. The van der Waals surface area contributed by atoms with E-state index in [1.54, 1.807) is 6.07 Å². The number of rotatable bonds is 8. The van der Waals surface area contributed by atoms with Gasteiger partial charge in [0.15, 0.2) is 40.3 Å². The van der Waals surface area contributed by atoms with Crippen molar-refractivity contribution >= 4 is 27.5 Å². The van der Waals surface area contributed by atoms with Crippen LogP contribution < -0.4 is 9.47 Å². The average molecular weight is 413 g/mol. The number of hydrogen-bond acceptors (Lipinski definition) is 8. The van der Waals surface area contributed by atoms with E-state index in [9.17, 15) is 22.8 Å². The Labute approximate surface area is 163 Å². The van der Waals surface area contributed by atoms with Crippen molar-refractivity contribution in [1.82, 2.24) is 4.90 Å². The van der Waals surface area contributed by atoms with Gasteiger partial charge in [-0.25, -0.2) is 13.2 Å². The van der Waals surface area contributed by atoms with Crippen LogP contribution in [0.2, 0.25) is 0 Å². The zero-order chi connectivity index (χ0) is 20.9. The highest BCUT2D eigenvalue weighted by molar-refractivity contribution is 7.91. The van der Waals surface area contributed by atoms with Crippen molar-refractivity contribution in [3.05, 3.63) is 23.8 Å². The Kier molecular flexibility index (Phi) is 7.00. The molecule has 0 aromatic heterocycles. The molecule has 0 spiro atoms. The van der Waals surface area contributed by atoms with Crippen LogP contribution in [0.4, 0.5) is 0 Å². The highest BCUT2D eigenvalue weighted by Crippen LogP contribution is 2.28. The quantitative estimate of drug-likeness (QED) is 0.446. The zero-order valence-electron chi connectivity index (χ0n) is 16.0. The maximum atomic E-state index is 12.1. The summed E-state index contributed by atoms with van der Waals surface area (Å²) in [5, 5.41) is 0. The Morgan fingerprint density at radius 2 is 1.89 bits per heavy atom. The maximum absolute atomic E-state index is 12.1. The Bertz CT molecular complexity index is 864. The zero-order valence-corrected chi connectivity index (χ0v) is 16.8. The summed E-state index contributed by atoms with van der Waals surface area (Å²) in [5.74, 6) is -0.878. The number of nitrogens with zero attached hydrogens (tertiary/aromatic N) is 1. The molecule has 1 aliphatic rings. The number of carbonyl (C=O) groups is 3. The van der Waals surface area contributed by atoms with E-state index in [0.29, 0.717) is 17.7 Å². The highest BCUT2D eigenvalue weighted by atomic mass is 32.2. The van der Waals surface area contributed by atoms with E-state index in [0.717, 1.165) is 0 Å². The van der Waals surface area contributed by atoms with E-state index >= 15 is 0 Å². The first-order valence-corrected chi connectivity index (χ1v) is 10.4. The van der Waals surface area contributed by atoms with Gasteiger partial charge in [-0.3, -0.25) is 9.59 Å². The summed E-state index contributed by atoms with van der Waals surface area (Å²) in [6.07, 6.45) is 0.373. The Balaban J connectivity index is 1.83. The Hall–Kier alpha value is -2.62. The first-order valence-electron chi connectivity index (χ1n) is 8.56. The fraction of sp³-hybridized carbons (Fsp3) is 0.500. The van der Waals surface area contributed by atoms with Gasteiger partial charge in [-0.15, -0.1) is 0 Å². The number of methoxy groups -OCH3 is 1. The molecule has 0 N–H and O–H groups in total. The lowest BCUT2D eigenvalue weighted by molar-refractivity contribution is -0.153. The largest absolute Gasteiger partial charge is 0.493 e. The minimum Gasteiger partial charge on any atom is -0.493 e. The van der Waals surface area contributed by atoms with Crippen molar-refractivity contribution in [2.75, 3.05) is 38.9 Å². The third kappa shape index (κ3) is 5.69. The number of ketones is 1. The molecule has 1 fully saturated rings. The topological polar surface area (TPSA) is 116 Å². The number of hydrogen-bond donors (Lipinski definition) is 0. The van der Waals surface area contributed by atoms with Crippen LogP contribution in [-0.4, -0.2) is 75.9 Å². The van der Waals surface area contributed by atoms with Crippen molar-refractivity contribution in [1.29, 1.82) is 0 Å². The van der Waals surface area contributed by atoms with Gasteiger partial charge in [-0.2, -0.15) is 0 Å². The first-order chi connectivity index (χ1) is 13.1. The summed E-state index contributed by atoms with van der Waals surface area (Å²) in [6.45, 7) is 0.460. The third-order valence-electron chi connectivity index (χ3n) is 4.42. The molecule has 10 heteroatoms. The van der Waals surface area contributed by atoms with Gasteiger partial charge in [0, 0.05) is 18.7 Å². The van der Waals surface area contributed by atoms with Gasteiger partial charge in [-0.05, 0) is 31.5 Å². The smallest absolute Gasteiger partial charge is 0.344 e. The number of likely N-dealkylation sites (N-methyl/N-ethyl adjacent to an activating group) is 1. The molecular weight excluding hydrogens is 390 g/mol. The molecule has 154 valence electrons.